The number of hydrogen-bond acceptors (Lipinski definition) is 4. The molecule has 0 saturated heterocycles. The number of thiocarbonyl (C=S) groups is 1. The van der Waals surface area contributed by atoms with Gasteiger partial charge < -0.3 is 9.73 Å². The van der Waals surface area contributed by atoms with E-state index >= 15 is 0 Å². The van der Waals surface area contributed by atoms with Crippen molar-refractivity contribution in [1.29, 1.82) is 0 Å². The Balaban J connectivity index is 1.61. The van der Waals surface area contributed by atoms with E-state index in [-0.39, 0.29) is 12.1 Å². The van der Waals surface area contributed by atoms with Gasteiger partial charge in [0.25, 0.3) is 0 Å². The highest BCUT2D eigenvalue weighted by Gasteiger charge is 2.32. The molecule has 0 bridgehead atoms. The van der Waals surface area contributed by atoms with E-state index in [0.717, 1.165) is 5.76 Å². The SMILES string of the molecule is S=C(NCc1ccco1)N1N=NC2C=CC=CC21. The van der Waals surface area contributed by atoms with E-state index in [9.17, 15) is 0 Å². The van der Waals surface area contributed by atoms with Gasteiger partial charge in [0.1, 0.15) is 17.8 Å². The van der Waals surface area contributed by atoms with E-state index in [2.05, 4.69) is 15.7 Å². The molecule has 0 aromatic carbocycles. The van der Waals surface area contributed by atoms with Crippen LogP contribution in [0.25, 0.3) is 0 Å². The first-order valence-corrected chi connectivity index (χ1v) is 6.10. The molecule has 0 radical (unpaired) electrons. The van der Waals surface area contributed by atoms with Crippen molar-refractivity contribution in [2.24, 2.45) is 10.3 Å². The lowest BCUT2D eigenvalue weighted by Crippen LogP contribution is -2.42. The van der Waals surface area contributed by atoms with Crippen LogP contribution in [0.1, 0.15) is 5.76 Å². The summed E-state index contributed by atoms with van der Waals surface area (Å²) in [4.78, 5) is 0. The largest absolute Gasteiger partial charge is 0.467 e. The zero-order chi connectivity index (χ0) is 12.4. The fourth-order valence-electron chi connectivity index (χ4n) is 1.92. The van der Waals surface area contributed by atoms with Crippen LogP contribution < -0.4 is 5.32 Å². The van der Waals surface area contributed by atoms with E-state index in [0.29, 0.717) is 11.7 Å². The smallest absolute Gasteiger partial charge is 0.192 e. The molecule has 5 nitrogen and oxygen atoms in total. The van der Waals surface area contributed by atoms with E-state index in [1.807, 2.05) is 36.4 Å². The van der Waals surface area contributed by atoms with Crippen molar-refractivity contribution in [1.82, 2.24) is 10.3 Å². The Bertz CT molecular complexity index is 520. The maximum Gasteiger partial charge on any atom is 0.192 e. The van der Waals surface area contributed by atoms with Crippen LogP contribution in [0.15, 0.2) is 57.5 Å². The Morgan fingerprint density at radius 2 is 2.33 bits per heavy atom. The number of nitrogens with one attached hydrogen (secondary N) is 1. The monoisotopic (exact) mass is 260 g/mol. The molecule has 0 amide bonds. The Labute approximate surface area is 110 Å². The molecule has 6 heteroatoms. The van der Waals surface area contributed by atoms with Crippen molar-refractivity contribution in [3.05, 3.63) is 48.5 Å². The van der Waals surface area contributed by atoms with Gasteiger partial charge in [0, 0.05) is 0 Å². The molecule has 1 aliphatic carbocycles. The number of hydrogen-bond donors (Lipinski definition) is 1. The Morgan fingerprint density at radius 1 is 1.44 bits per heavy atom. The molecule has 3 rings (SSSR count). The first-order chi connectivity index (χ1) is 8.84. The summed E-state index contributed by atoms with van der Waals surface area (Å²) in [6.45, 7) is 0.550. The molecule has 0 fully saturated rings. The quantitative estimate of drug-likeness (QED) is 0.828. The highest BCUT2D eigenvalue weighted by atomic mass is 32.1. The van der Waals surface area contributed by atoms with E-state index in [1.54, 1.807) is 11.3 Å². The van der Waals surface area contributed by atoms with Crippen molar-refractivity contribution >= 4 is 17.3 Å². The number of nitrogens with zero attached hydrogens (tertiary/aromatic N) is 3. The fourth-order valence-corrected chi connectivity index (χ4v) is 2.15. The molecule has 2 aliphatic rings. The molecule has 1 aliphatic heterocycles. The number of fused-ring (bicyclic) bond motifs is 1. The summed E-state index contributed by atoms with van der Waals surface area (Å²) in [5.41, 5.74) is 0. The third kappa shape index (κ3) is 2.06. The molecule has 1 N–H and O–H groups in total. The Kier molecular flexibility index (Phi) is 2.93. The topological polar surface area (TPSA) is 53.1 Å². The second kappa shape index (κ2) is 4.73. The van der Waals surface area contributed by atoms with Crippen LogP contribution in [-0.2, 0) is 6.54 Å². The van der Waals surface area contributed by atoms with E-state index in [4.69, 9.17) is 16.6 Å². The van der Waals surface area contributed by atoms with Crippen molar-refractivity contribution in [2.45, 2.75) is 18.6 Å². The van der Waals surface area contributed by atoms with Gasteiger partial charge in [-0.25, -0.2) is 5.01 Å². The molecule has 2 atom stereocenters. The zero-order valence-corrected chi connectivity index (χ0v) is 10.4. The van der Waals surface area contributed by atoms with Gasteiger partial charge in [-0.2, -0.15) is 5.11 Å². The molecule has 2 unspecified atom stereocenters. The summed E-state index contributed by atoms with van der Waals surface area (Å²) >= 11 is 5.32. The predicted octanol–water partition coefficient (Wildman–Crippen LogP) is 2.20. The molecule has 92 valence electrons. The van der Waals surface area contributed by atoms with E-state index in [1.165, 1.54) is 0 Å². The van der Waals surface area contributed by atoms with Crippen molar-refractivity contribution in [3.8, 4) is 0 Å². The van der Waals surface area contributed by atoms with Crippen LogP contribution in [0.2, 0.25) is 0 Å². The first kappa shape index (κ1) is 11.2. The lowest BCUT2D eigenvalue weighted by Gasteiger charge is -2.23. The summed E-state index contributed by atoms with van der Waals surface area (Å²) in [6, 6.07) is 3.90. The molecule has 0 saturated carbocycles. The van der Waals surface area contributed by atoms with E-state index < -0.39 is 0 Å². The zero-order valence-electron chi connectivity index (χ0n) is 9.56. The second-order valence-corrected chi connectivity index (χ2v) is 4.43. The number of furan rings is 1. The van der Waals surface area contributed by atoms with Crippen LogP contribution in [0.3, 0.4) is 0 Å². The highest BCUT2D eigenvalue weighted by Crippen LogP contribution is 2.22. The predicted molar refractivity (Wildman–Crippen MR) is 70.7 cm³/mol. The third-order valence-corrected chi connectivity index (χ3v) is 3.17. The number of rotatable bonds is 2. The minimum atomic E-state index is 0.0679. The molecule has 0 spiro atoms. The lowest BCUT2D eigenvalue weighted by molar-refractivity contribution is 0.397. The van der Waals surface area contributed by atoms with Gasteiger partial charge in [-0.05, 0) is 24.4 Å². The summed E-state index contributed by atoms with van der Waals surface area (Å²) in [6.07, 6.45) is 9.66. The van der Waals surface area contributed by atoms with Gasteiger partial charge in [0.05, 0.1) is 12.8 Å². The molecule has 2 heterocycles. The number of allylic oxidation sites excluding steroid dienone is 2. The average Bonchev–Trinajstić information content (AvgIpc) is 3.05. The summed E-state index contributed by atoms with van der Waals surface area (Å²) in [5.74, 6) is 0.837. The molecular formula is C12H12N4OS. The minimum Gasteiger partial charge on any atom is -0.467 e. The van der Waals surface area contributed by atoms with Gasteiger partial charge in [-0.3, -0.25) is 0 Å². The van der Waals surface area contributed by atoms with Crippen molar-refractivity contribution in [2.75, 3.05) is 0 Å². The Morgan fingerprint density at radius 3 is 3.17 bits per heavy atom. The molecular weight excluding hydrogens is 248 g/mol. The summed E-state index contributed by atoms with van der Waals surface area (Å²) in [5, 5.41) is 13.7. The van der Waals surface area contributed by atoms with Gasteiger partial charge in [0.2, 0.25) is 0 Å². The summed E-state index contributed by atoms with van der Waals surface area (Å²) < 4.78 is 5.23. The van der Waals surface area contributed by atoms with Gasteiger partial charge in [-0.1, -0.05) is 29.5 Å². The van der Waals surface area contributed by atoms with Crippen LogP contribution in [-0.4, -0.2) is 22.2 Å². The van der Waals surface area contributed by atoms with Crippen LogP contribution in [0, 0.1) is 0 Å². The van der Waals surface area contributed by atoms with Crippen LogP contribution in [0.4, 0.5) is 0 Å². The molecule has 1 aromatic rings. The second-order valence-electron chi connectivity index (χ2n) is 4.04. The van der Waals surface area contributed by atoms with Gasteiger partial charge in [0.15, 0.2) is 5.11 Å². The summed E-state index contributed by atoms with van der Waals surface area (Å²) in [7, 11) is 0. The maximum atomic E-state index is 5.32. The maximum absolute atomic E-state index is 5.32. The van der Waals surface area contributed by atoms with Crippen LogP contribution >= 0.6 is 12.2 Å². The van der Waals surface area contributed by atoms with Crippen LogP contribution in [0.5, 0.6) is 0 Å². The minimum absolute atomic E-state index is 0.0679. The Hall–Kier alpha value is -1.95. The molecule has 1 aromatic heterocycles. The van der Waals surface area contributed by atoms with Crippen molar-refractivity contribution < 1.29 is 4.42 Å². The normalized spacial score (nSPS) is 24.3. The van der Waals surface area contributed by atoms with Gasteiger partial charge >= 0.3 is 0 Å². The van der Waals surface area contributed by atoms with Gasteiger partial charge in [-0.15, -0.1) is 0 Å². The fraction of sp³-hybridized carbons (Fsp3) is 0.250. The molecule has 18 heavy (non-hydrogen) atoms. The highest BCUT2D eigenvalue weighted by molar-refractivity contribution is 7.80. The lowest BCUT2D eigenvalue weighted by atomic mass is 10.0. The third-order valence-electron chi connectivity index (χ3n) is 2.84. The van der Waals surface area contributed by atoms with Crippen molar-refractivity contribution in [3.63, 3.8) is 0 Å². The standard InChI is InChI=1S/C12H12N4OS/c18-12(13-8-9-4-3-7-17-9)16-11-6-2-1-5-10(11)14-15-16/h1-7,10-11H,8H2,(H,13,18). The average molecular weight is 260 g/mol. The first-order valence-electron chi connectivity index (χ1n) is 5.70.